The number of halogens is 1. The zero-order valence-corrected chi connectivity index (χ0v) is 8.06. The molecule has 0 rings (SSSR count). The van der Waals surface area contributed by atoms with Crippen molar-refractivity contribution in [3.8, 4) is 0 Å². The number of rotatable bonds is 3. The first-order valence-electron chi connectivity index (χ1n) is 2.75. The second-order valence-corrected chi connectivity index (χ2v) is 4.04. The highest BCUT2D eigenvalue weighted by molar-refractivity contribution is 9.36. The van der Waals surface area contributed by atoms with Crippen molar-refractivity contribution in [1.29, 1.82) is 0 Å². The van der Waals surface area contributed by atoms with E-state index in [0.29, 0.717) is 13.9 Å². The Morgan fingerprint density at radius 3 is 2.78 bits per heavy atom. The zero-order valence-electron chi connectivity index (χ0n) is 5.48. The third-order valence-electron chi connectivity index (χ3n) is 0.804. The Morgan fingerprint density at radius 1 is 1.89 bits per heavy atom. The summed E-state index contributed by atoms with van der Waals surface area (Å²) >= 11 is 3.21. The van der Waals surface area contributed by atoms with Crippen LogP contribution in [0.15, 0.2) is 0 Å². The lowest BCUT2D eigenvalue weighted by Crippen LogP contribution is -2.14. The molecular formula is C5H10BrO2P. The molecule has 0 spiro atoms. The van der Waals surface area contributed by atoms with Gasteiger partial charge in [0, 0.05) is 0 Å². The molecule has 0 N–H and O–H groups in total. The maximum atomic E-state index is 10.7. The van der Waals surface area contributed by atoms with Crippen molar-refractivity contribution in [3.63, 3.8) is 0 Å². The molecule has 0 heterocycles. The van der Waals surface area contributed by atoms with Crippen molar-refractivity contribution in [1.82, 2.24) is 0 Å². The predicted octanol–water partition coefficient (Wildman–Crippen LogP) is 1.93. The average molecular weight is 213 g/mol. The fourth-order valence-corrected chi connectivity index (χ4v) is 1.04. The zero-order chi connectivity index (χ0) is 7.28. The Bertz CT molecular complexity index is 97.0. The van der Waals surface area contributed by atoms with Gasteiger partial charge in [-0.05, 0) is 21.1 Å². The van der Waals surface area contributed by atoms with Crippen molar-refractivity contribution >= 4 is 28.7 Å². The number of ether oxygens (including phenoxy) is 1. The maximum Gasteiger partial charge on any atom is 0.313 e. The summed E-state index contributed by atoms with van der Waals surface area (Å²) in [5, 5.41) is 0. The van der Waals surface area contributed by atoms with Crippen molar-refractivity contribution in [2.24, 2.45) is 0 Å². The standard InChI is InChI=1S/C5H10BrO2P/c1-3-8-5(7)4(2)9-6/h4,9H,3H2,1-2H3. The molecule has 9 heavy (non-hydrogen) atoms. The van der Waals surface area contributed by atoms with Crippen LogP contribution in [-0.4, -0.2) is 18.2 Å². The minimum Gasteiger partial charge on any atom is -0.465 e. The molecule has 0 aromatic heterocycles. The van der Waals surface area contributed by atoms with Crippen LogP contribution in [0.3, 0.4) is 0 Å². The second kappa shape index (κ2) is 5.19. The van der Waals surface area contributed by atoms with Gasteiger partial charge in [-0.2, -0.15) is 0 Å². The molecule has 0 aliphatic carbocycles. The fraction of sp³-hybridized carbons (Fsp3) is 0.800. The van der Waals surface area contributed by atoms with Gasteiger partial charge < -0.3 is 4.74 Å². The van der Waals surface area contributed by atoms with E-state index in [1.165, 1.54) is 0 Å². The van der Waals surface area contributed by atoms with E-state index in [1.54, 1.807) is 0 Å². The van der Waals surface area contributed by atoms with Gasteiger partial charge in [0.2, 0.25) is 0 Å². The second-order valence-electron chi connectivity index (χ2n) is 1.58. The molecule has 0 amide bonds. The molecule has 4 heteroatoms. The predicted molar refractivity (Wildman–Crippen MR) is 43.3 cm³/mol. The summed E-state index contributed by atoms with van der Waals surface area (Å²) in [6.07, 6.45) is 0. The lowest BCUT2D eigenvalue weighted by molar-refractivity contribution is -0.142. The van der Waals surface area contributed by atoms with Gasteiger partial charge in [0.05, 0.1) is 12.3 Å². The van der Waals surface area contributed by atoms with Gasteiger partial charge in [-0.25, -0.2) is 0 Å². The first kappa shape index (κ1) is 9.38. The first-order valence-corrected chi connectivity index (χ1v) is 6.08. The summed E-state index contributed by atoms with van der Waals surface area (Å²) in [4.78, 5) is 10.7. The van der Waals surface area contributed by atoms with E-state index in [2.05, 4.69) is 15.5 Å². The van der Waals surface area contributed by atoms with E-state index in [4.69, 9.17) is 4.74 Å². The van der Waals surface area contributed by atoms with Gasteiger partial charge >= 0.3 is 5.97 Å². The summed E-state index contributed by atoms with van der Waals surface area (Å²) in [5.74, 6) is -0.118. The summed E-state index contributed by atoms with van der Waals surface area (Å²) in [5.41, 5.74) is 0.00458. The largest absolute Gasteiger partial charge is 0.465 e. The van der Waals surface area contributed by atoms with Crippen molar-refractivity contribution in [3.05, 3.63) is 0 Å². The Kier molecular flexibility index (Phi) is 5.41. The molecule has 0 saturated heterocycles. The van der Waals surface area contributed by atoms with E-state index in [0.717, 1.165) is 0 Å². The molecule has 2 unspecified atom stereocenters. The number of hydrogen-bond donors (Lipinski definition) is 0. The topological polar surface area (TPSA) is 26.3 Å². The Labute approximate surface area is 64.9 Å². The van der Waals surface area contributed by atoms with E-state index in [9.17, 15) is 4.79 Å². The van der Waals surface area contributed by atoms with Crippen LogP contribution in [0.1, 0.15) is 13.8 Å². The minimum atomic E-state index is -0.118. The van der Waals surface area contributed by atoms with E-state index in [1.807, 2.05) is 13.8 Å². The van der Waals surface area contributed by atoms with Crippen molar-refractivity contribution < 1.29 is 9.53 Å². The molecule has 54 valence electrons. The molecular weight excluding hydrogens is 203 g/mol. The highest BCUT2D eigenvalue weighted by atomic mass is 79.9. The maximum absolute atomic E-state index is 10.7. The van der Waals surface area contributed by atoms with Gasteiger partial charge in [-0.1, -0.05) is 15.5 Å². The lowest BCUT2D eigenvalue weighted by Gasteiger charge is -2.04. The molecule has 0 bridgehead atoms. The summed E-state index contributed by atoms with van der Waals surface area (Å²) in [6.45, 7) is 4.12. The number of esters is 1. The summed E-state index contributed by atoms with van der Waals surface area (Å²) in [7, 11) is 0.460. The number of hydrogen-bond acceptors (Lipinski definition) is 2. The SMILES string of the molecule is CCOC(=O)C(C)PBr. The van der Waals surface area contributed by atoms with Gasteiger partial charge in [-0.3, -0.25) is 4.79 Å². The smallest absolute Gasteiger partial charge is 0.313 e. The monoisotopic (exact) mass is 212 g/mol. The Hall–Kier alpha value is 0.380. The van der Waals surface area contributed by atoms with Gasteiger partial charge in [-0.15, -0.1) is 0 Å². The van der Waals surface area contributed by atoms with Crippen LogP contribution in [0.4, 0.5) is 0 Å². The van der Waals surface area contributed by atoms with Crippen molar-refractivity contribution in [2.75, 3.05) is 6.61 Å². The van der Waals surface area contributed by atoms with Crippen LogP contribution in [0.5, 0.6) is 0 Å². The third-order valence-corrected chi connectivity index (χ3v) is 3.43. The molecule has 0 fully saturated rings. The molecule has 2 atom stereocenters. The quantitative estimate of drug-likeness (QED) is 0.528. The molecule has 0 saturated carbocycles. The highest BCUT2D eigenvalue weighted by Crippen LogP contribution is 2.27. The van der Waals surface area contributed by atoms with Gasteiger partial charge in [0.1, 0.15) is 0 Å². The van der Waals surface area contributed by atoms with Crippen LogP contribution in [0.25, 0.3) is 0 Å². The van der Waals surface area contributed by atoms with E-state index < -0.39 is 0 Å². The van der Waals surface area contributed by atoms with Crippen LogP contribution in [0.2, 0.25) is 0 Å². The normalized spacial score (nSPS) is 14.1. The minimum absolute atomic E-state index is 0.00458. The molecule has 2 nitrogen and oxygen atoms in total. The number of carbonyl (C=O) groups is 1. The molecule has 0 radical (unpaired) electrons. The van der Waals surface area contributed by atoms with Crippen LogP contribution in [0, 0.1) is 0 Å². The van der Waals surface area contributed by atoms with Gasteiger partial charge in [0.15, 0.2) is 0 Å². The van der Waals surface area contributed by atoms with Crippen molar-refractivity contribution in [2.45, 2.75) is 19.5 Å². The van der Waals surface area contributed by atoms with Crippen LogP contribution in [-0.2, 0) is 9.53 Å². The Balaban J connectivity index is 3.46. The van der Waals surface area contributed by atoms with E-state index >= 15 is 0 Å². The molecule has 0 aliphatic rings. The highest BCUT2D eigenvalue weighted by Gasteiger charge is 2.10. The Morgan fingerprint density at radius 2 is 2.44 bits per heavy atom. The van der Waals surface area contributed by atoms with E-state index in [-0.39, 0.29) is 11.6 Å². The number of carbonyl (C=O) groups excluding carboxylic acids is 1. The fourth-order valence-electron chi connectivity index (χ4n) is 0.312. The lowest BCUT2D eigenvalue weighted by atomic mass is 10.5. The molecule has 0 aromatic carbocycles. The van der Waals surface area contributed by atoms with Crippen LogP contribution < -0.4 is 0 Å². The third kappa shape index (κ3) is 3.88. The van der Waals surface area contributed by atoms with Gasteiger partial charge in [0.25, 0.3) is 0 Å². The summed E-state index contributed by atoms with van der Waals surface area (Å²) in [6, 6.07) is 0. The average Bonchev–Trinajstić information content (AvgIpc) is 1.87. The first-order chi connectivity index (χ1) is 4.22. The van der Waals surface area contributed by atoms with Crippen LogP contribution >= 0.6 is 22.8 Å². The molecule has 0 aliphatic heterocycles. The summed E-state index contributed by atoms with van der Waals surface area (Å²) < 4.78 is 4.73. The molecule has 0 aromatic rings.